The zero-order valence-electron chi connectivity index (χ0n) is 7.49. The topological polar surface area (TPSA) is 38.4 Å². The lowest BCUT2D eigenvalue weighted by Crippen LogP contribution is -2.23. The van der Waals surface area contributed by atoms with Crippen molar-refractivity contribution in [3.8, 4) is 0 Å². The van der Waals surface area contributed by atoms with Gasteiger partial charge in [0, 0.05) is 11.8 Å². The van der Waals surface area contributed by atoms with Crippen molar-refractivity contribution < 1.29 is 0 Å². The molecule has 0 saturated heterocycles. The second kappa shape index (κ2) is 4.02. The van der Waals surface area contributed by atoms with E-state index in [4.69, 9.17) is 5.73 Å². The molecule has 1 rings (SSSR count). The quantitative estimate of drug-likeness (QED) is 0.665. The third-order valence-corrected chi connectivity index (χ3v) is 1.72. The van der Waals surface area contributed by atoms with E-state index in [1.165, 1.54) is 0 Å². The number of rotatable bonds is 2. The summed E-state index contributed by atoms with van der Waals surface area (Å²) in [5.74, 6) is 0. The second-order valence-corrected chi connectivity index (χ2v) is 2.88. The molecule has 64 valence electrons. The molecular weight excluding hydrogens is 148 g/mol. The lowest BCUT2D eigenvalue weighted by atomic mass is 10.2. The smallest absolute Gasteiger partial charge is 0.0629 e. The van der Waals surface area contributed by atoms with Crippen molar-refractivity contribution in [3.63, 3.8) is 0 Å². The molecule has 0 saturated carbocycles. The van der Waals surface area contributed by atoms with Gasteiger partial charge in [0.2, 0.25) is 0 Å². The highest BCUT2D eigenvalue weighted by molar-refractivity contribution is 5.88. The van der Waals surface area contributed by atoms with Crippen molar-refractivity contribution in [1.29, 1.82) is 0 Å². The molecule has 0 heterocycles. The van der Waals surface area contributed by atoms with Crippen LogP contribution in [0.3, 0.4) is 0 Å². The minimum atomic E-state index is 0.0326. The van der Waals surface area contributed by atoms with Gasteiger partial charge in [-0.15, -0.1) is 0 Å². The molecule has 0 aliphatic heterocycles. The van der Waals surface area contributed by atoms with Crippen LogP contribution in [-0.2, 0) is 0 Å². The summed E-state index contributed by atoms with van der Waals surface area (Å²) < 4.78 is 0. The first-order valence-electron chi connectivity index (χ1n) is 4.06. The van der Waals surface area contributed by atoms with Gasteiger partial charge in [-0.05, 0) is 26.0 Å². The lowest BCUT2D eigenvalue weighted by molar-refractivity contribution is 0.967. The molecule has 0 spiro atoms. The van der Waals surface area contributed by atoms with Crippen LogP contribution in [0, 0.1) is 0 Å². The second-order valence-electron chi connectivity index (χ2n) is 2.88. The van der Waals surface area contributed by atoms with Gasteiger partial charge in [0.25, 0.3) is 0 Å². The molecule has 2 N–H and O–H groups in total. The number of nitrogens with zero attached hydrogens (tertiary/aromatic N) is 1. The van der Waals surface area contributed by atoms with Crippen LogP contribution in [0.5, 0.6) is 0 Å². The first-order valence-corrected chi connectivity index (χ1v) is 4.06. The van der Waals surface area contributed by atoms with E-state index < -0.39 is 0 Å². The maximum atomic E-state index is 5.65. The van der Waals surface area contributed by atoms with Crippen LogP contribution in [0.25, 0.3) is 0 Å². The average molecular weight is 162 g/mol. The van der Waals surface area contributed by atoms with Crippen molar-refractivity contribution in [2.75, 3.05) is 0 Å². The lowest BCUT2D eigenvalue weighted by Gasteiger charge is -2.03. The molecule has 2 heteroatoms. The fourth-order valence-electron chi connectivity index (χ4n) is 0.808. The first-order chi connectivity index (χ1) is 5.70. The van der Waals surface area contributed by atoms with Crippen molar-refractivity contribution >= 4 is 11.4 Å². The number of aliphatic imine (C=N–C) groups is 1. The largest absolute Gasteiger partial charge is 0.323 e. The van der Waals surface area contributed by atoms with Gasteiger partial charge in [-0.2, -0.15) is 0 Å². The molecule has 0 bridgehead atoms. The minimum absolute atomic E-state index is 0.0326. The summed E-state index contributed by atoms with van der Waals surface area (Å²) in [5.41, 5.74) is 7.58. The normalized spacial score (nSPS) is 14.4. The van der Waals surface area contributed by atoms with E-state index >= 15 is 0 Å². The average Bonchev–Trinajstić information content (AvgIpc) is 2.06. The maximum absolute atomic E-state index is 5.65. The highest BCUT2D eigenvalue weighted by Gasteiger charge is 1.97. The van der Waals surface area contributed by atoms with Crippen molar-refractivity contribution in [1.82, 2.24) is 0 Å². The third kappa shape index (κ3) is 2.47. The van der Waals surface area contributed by atoms with Gasteiger partial charge in [0.15, 0.2) is 0 Å². The standard InChI is InChI=1S/C10H14N2/c1-8(11)9(2)12-10-6-4-3-5-7-10/h3-8H,11H2,1-2H3. The molecule has 0 amide bonds. The van der Waals surface area contributed by atoms with Gasteiger partial charge < -0.3 is 5.73 Å². The van der Waals surface area contributed by atoms with E-state index in [-0.39, 0.29) is 6.04 Å². The Bertz CT molecular complexity index is 262. The molecule has 1 aromatic rings. The number of hydrogen-bond donors (Lipinski definition) is 1. The van der Waals surface area contributed by atoms with E-state index in [9.17, 15) is 0 Å². The Kier molecular flexibility index (Phi) is 3.00. The Labute approximate surface area is 73.1 Å². The molecule has 1 atom stereocenters. The summed E-state index contributed by atoms with van der Waals surface area (Å²) in [5, 5.41) is 0. The van der Waals surface area contributed by atoms with Gasteiger partial charge >= 0.3 is 0 Å². The minimum Gasteiger partial charge on any atom is -0.323 e. The summed E-state index contributed by atoms with van der Waals surface area (Å²) in [4.78, 5) is 4.35. The number of para-hydroxylation sites is 1. The Morgan fingerprint density at radius 1 is 1.33 bits per heavy atom. The zero-order chi connectivity index (χ0) is 8.97. The summed E-state index contributed by atoms with van der Waals surface area (Å²) in [6.07, 6.45) is 0. The van der Waals surface area contributed by atoms with Gasteiger partial charge in [0.1, 0.15) is 0 Å². The molecule has 0 aliphatic carbocycles. The molecule has 1 unspecified atom stereocenters. The highest BCUT2D eigenvalue weighted by Crippen LogP contribution is 2.10. The summed E-state index contributed by atoms with van der Waals surface area (Å²) >= 11 is 0. The Morgan fingerprint density at radius 3 is 2.42 bits per heavy atom. The zero-order valence-corrected chi connectivity index (χ0v) is 7.49. The van der Waals surface area contributed by atoms with Gasteiger partial charge in [0.05, 0.1) is 5.69 Å². The van der Waals surface area contributed by atoms with Crippen molar-refractivity contribution in [3.05, 3.63) is 30.3 Å². The molecule has 2 nitrogen and oxygen atoms in total. The number of nitrogens with two attached hydrogens (primary N) is 1. The Balaban J connectivity index is 2.81. The summed E-state index contributed by atoms with van der Waals surface area (Å²) in [6.45, 7) is 3.87. The fraction of sp³-hybridized carbons (Fsp3) is 0.300. The molecule has 0 aromatic heterocycles. The van der Waals surface area contributed by atoms with E-state index in [0.717, 1.165) is 11.4 Å². The van der Waals surface area contributed by atoms with Crippen molar-refractivity contribution in [2.45, 2.75) is 19.9 Å². The van der Waals surface area contributed by atoms with Crippen LogP contribution in [-0.4, -0.2) is 11.8 Å². The van der Waals surface area contributed by atoms with E-state index in [1.807, 2.05) is 44.2 Å². The Hall–Kier alpha value is -1.15. The molecular formula is C10H14N2. The Morgan fingerprint density at radius 2 is 1.92 bits per heavy atom. The van der Waals surface area contributed by atoms with Crippen LogP contribution < -0.4 is 5.73 Å². The predicted molar refractivity (Wildman–Crippen MR) is 52.9 cm³/mol. The predicted octanol–water partition coefficient (Wildman–Crippen LogP) is 2.13. The number of hydrogen-bond acceptors (Lipinski definition) is 2. The molecule has 0 fully saturated rings. The number of benzene rings is 1. The fourth-order valence-corrected chi connectivity index (χ4v) is 0.808. The van der Waals surface area contributed by atoms with Crippen molar-refractivity contribution in [2.24, 2.45) is 10.7 Å². The van der Waals surface area contributed by atoms with Crippen LogP contribution in [0.1, 0.15) is 13.8 Å². The van der Waals surface area contributed by atoms with Gasteiger partial charge in [-0.1, -0.05) is 18.2 Å². The molecule has 1 aromatic carbocycles. The van der Waals surface area contributed by atoms with E-state index in [1.54, 1.807) is 0 Å². The third-order valence-electron chi connectivity index (χ3n) is 1.72. The van der Waals surface area contributed by atoms with Crippen LogP contribution in [0.15, 0.2) is 35.3 Å². The monoisotopic (exact) mass is 162 g/mol. The van der Waals surface area contributed by atoms with Crippen LogP contribution >= 0.6 is 0 Å². The van der Waals surface area contributed by atoms with Crippen LogP contribution in [0.2, 0.25) is 0 Å². The molecule has 0 aliphatic rings. The highest BCUT2D eigenvalue weighted by atomic mass is 14.8. The van der Waals surface area contributed by atoms with Gasteiger partial charge in [-0.25, -0.2) is 0 Å². The molecule has 0 radical (unpaired) electrons. The maximum Gasteiger partial charge on any atom is 0.0629 e. The SMILES string of the molecule is CC(=Nc1ccccc1)C(C)N. The first kappa shape index (κ1) is 8.94. The van der Waals surface area contributed by atoms with E-state index in [2.05, 4.69) is 4.99 Å². The summed E-state index contributed by atoms with van der Waals surface area (Å²) in [7, 11) is 0. The van der Waals surface area contributed by atoms with Crippen LogP contribution in [0.4, 0.5) is 5.69 Å². The molecule has 12 heavy (non-hydrogen) atoms. The van der Waals surface area contributed by atoms with Gasteiger partial charge in [-0.3, -0.25) is 4.99 Å². The summed E-state index contributed by atoms with van der Waals surface area (Å²) in [6, 6.07) is 9.86. The van der Waals surface area contributed by atoms with E-state index in [0.29, 0.717) is 0 Å².